The summed E-state index contributed by atoms with van der Waals surface area (Å²) in [6.45, 7) is 7.49. The second-order valence-corrected chi connectivity index (χ2v) is 7.20. The van der Waals surface area contributed by atoms with Crippen LogP contribution in [0.1, 0.15) is 41.4 Å². The van der Waals surface area contributed by atoms with Crippen LogP contribution in [0.4, 0.5) is 4.79 Å². The fraction of sp³-hybridized carbons (Fsp3) is 0.600. The van der Waals surface area contributed by atoms with Gasteiger partial charge in [0.15, 0.2) is 0 Å². The summed E-state index contributed by atoms with van der Waals surface area (Å²) in [6, 6.07) is 3.46. The number of nitrogens with zero attached hydrogens (tertiary/aromatic N) is 1. The second kappa shape index (κ2) is 6.66. The molecule has 1 atom stereocenters. The third-order valence-electron chi connectivity index (χ3n) is 3.21. The Morgan fingerprint density at radius 2 is 2.09 bits per heavy atom. The number of amides is 1. The van der Waals surface area contributed by atoms with Crippen LogP contribution < -0.4 is 5.32 Å². The third kappa shape index (κ3) is 3.98. The smallest absolute Gasteiger partial charge is 0.410 e. The molecular formula is C15H22N2O4S. The fourth-order valence-corrected chi connectivity index (χ4v) is 3.28. The molecule has 0 radical (unpaired) electrons. The van der Waals surface area contributed by atoms with Crippen LogP contribution in [0.3, 0.4) is 0 Å². The highest BCUT2D eigenvalue weighted by atomic mass is 32.1. The van der Waals surface area contributed by atoms with Crippen molar-refractivity contribution in [2.75, 3.05) is 26.7 Å². The van der Waals surface area contributed by atoms with Gasteiger partial charge < -0.3 is 14.8 Å². The molecule has 1 aromatic heterocycles. The molecule has 0 bridgehead atoms. The highest BCUT2D eigenvalue weighted by Crippen LogP contribution is 2.30. The minimum atomic E-state index is -0.529. The summed E-state index contributed by atoms with van der Waals surface area (Å²) < 4.78 is 10.2. The number of carbonyl (C=O) groups excluding carboxylic acids is 2. The predicted octanol–water partition coefficient (Wildman–Crippen LogP) is 2.42. The lowest BCUT2D eigenvalue weighted by Crippen LogP contribution is -2.49. The van der Waals surface area contributed by atoms with E-state index in [1.54, 1.807) is 11.0 Å². The van der Waals surface area contributed by atoms with Crippen molar-refractivity contribution in [1.82, 2.24) is 10.2 Å². The van der Waals surface area contributed by atoms with Gasteiger partial charge in [-0.1, -0.05) is 0 Å². The molecule has 0 aliphatic carbocycles. The Morgan fingerprint density at radius 3 is 2.73 bits per heavy atom. The molecule has 0 spiro atoms. The standard InChI is InChI=1S/C15H22N2O4S/c1-15(2,3)21-14(19)17-8-7-16-9-10(17)11-5-6-12(22-11)13(18)20-4/h5-6,10,16H,7-9H2,1-4H3. The van der Waals surface area contributed by atoms with E-state index in [1.807, 2.05) is 26.8 Å². The first-order chi connectivity index (χ1) is 10.3. The lowest BCUT2D eigenvalue weighted by atomic mass is 10.1. The van der Waals surface area contributed by atoms with Gasteiger partial charge >= 0.3 is 12.1 Å². The normalized spacial score (nSPS) is 18.9. The summed E-state index contributed by atoms with van der Waals surface area (Å²) in [5.74, 6) is -0.358. The topological polar surface area (TPSA) is 67.9 Å². The Morgan fingerprint density at radius 1 is 1.36 bits per heavy atom. The molecule has 2 heterocycles. The molecule has 1 amide bonds. The van der Waals surface area contributed by atoms with Crippen molar-refractivity contribution < 1.29 is 19.1 Å². The third-order valence-corrected chi connectivity index (χ3v) is 4.38. The van der Waals surface area contributed by atoms with E-state index in [1.165, 1.54) is 18.4 Å². The Hall–Kier alpha value is -1.60. The van der Waals surface area contributed by atoms with Crippen LogP contribution in [0.15, 0.2) is 12.1 Å². The Balaban J connectivity index is 2.17. The number of carbonyl (C=O) groups is 2. The minimum absolute atomic E-state index is 0.132. The van der Waals surface area contributed by atoms with E-state index in [0.29, 0.717) is 18.0 Å². The van der Waals surface area contributed by atoms with Crippen LogP contribution in [-0.4, -0.2) is 49.3 Å². The van der Waals surface area contributed by atoms with Crippen molar-refractivity contribution in [2.24, 2.45) is 0 Å². The van der Waals surface area contributed by atoms with Crippen molar-refractivity contribution in [1.29, 1.82) is 0 Å². The molecule has 7 heteroatoms. The lowest BCUT2D eigenvalue weighted by molar-refractivity contribution is 0.0122. The van der Waals surface area contributed by atoms with E-state index < -0.39 is 5.60 Å². The van der Waals surface area contributed by atoms with Crippen molar-refractivity contribution in [2.45, 2.75) is 32.4 Å². The van der Waals surface area contributed by atoms with Gasteiger partial charge in [-0.3, -0.25) is 4.90 Å². The summed E-state index contributed by atoms with van der Waals surface area (Å²) in [4.78, 5) is 27.2. The maximum atomic E-state index is 12.4. The number of rotatable bonds is 2. The number of hydrogen-bond acceptors (Lipinski definition) is 6. The van der Waals surface area contributed by atoms with Gasteiger partial charge in [0.1, 0.15) is 10.5 Å². The van der Waals surface area contributed by atoms with E-state index in [-0.39, 0.29) is 18.1 Å². The quantitative estimate of drug-likeness (QED) is 0.845. The van der Waals surface area contributed by atoms with E-state index in [9.17, 15) is 9.59 Å². The number of nitrogens with one attached hydrogen (secondary N) is 1. The zero-order chi connectivity index (χ0) is 16.3. The van der Waals surface area contributed by atoms with Crippen LogP contribution in [0.25, 0.3) is 0 Å². The number of methoxy groups -OCH3 is 1. The average molecular weight is 326 g/mol. The summed E-state index contributed by atoms with van der Waals surface area (Å²) in [5.41, 5.74) is -0.529. The van der Waals surface area contributed by atoms with Crippen molar-refractivity contribution in [3.63, 3.8) is 0 Å². The Kier molecular flexibility index (Phi) is 5.08. The van der Waals surface area contributed by atoms with Crippen LogP contribution in [-0.2, 0) is 9.47 Å². The highest BCUT2D eigenvalue weighted by molar-refractivity contribution is 7.14. The average Bonchev–Trinajstić information content (AvgIpc) is 2.94. The van der Waals surface area contributed by atoms with Gasteiger partial charge in [0.05, 0.1) is 13.2 Å². The molecule has 0 aromatic carbocycles. The molecule has 1 aromatic rings. The van der Waals surface area contributed by atoms with E-state index >= 15 is 0 Å². The highest BCUT2D eigenvalue weighted by Gasteiger charge is 2.32. The molecule has 122 valence electrons. The molecule has 22 heavy (non-hydrogen) atoms. The zero-order valence-electron chi connectivity index (χ0n) is 13.3. The van der Waals surface area contributed by atoms with Gasteiger partial charge in [-0.2, -0.15) is 0 Å². The summed E-state index contributed by atoms with van der Waals surface area (Å²) in [5, 5.41) is 3.27. The number of esters is 1. The van der Waals surface area contributed by atoms with Crippen LogP contribution >= 0.6 is 11.3 Å². The molecular weight excluding hydrogens is 304 g/mol. The first-order valence-corrected chi connectivity index (χ1v) is 8.02. The van der Waals surface area contributed by atoms with Gasteiger partial charge in [-0.15, -0.1) is 11.3 Å². The van der Waals surface area contributed by atoms with Crippen molar-refractivity contribution >= 4 is 23.4 Å². The van der Waals surface area contributed by atoms with E-state index in [0.717, 1.165) is 11.4 Å². The lowest BCUT2D eigenvalue weighted by Gasteiger charge is -2.36. The van der Waals surface area contributed by atoms with Gasteiger partial charge in [-0.25, -0.2) is 9.59 Å². The predicted molar refractivity (Wildman–Crippen MR) is 84.2 cm³/mol. The number of hydrogen-bond donors (Lipinski definition) is 1. The monoisotopic (exact) mass is 326 g/mol. The first-order valence-electron chi connectivity index (χ1n) is 7.20. The van der Waals surface area contributed by atoms with Gasteiger partial charge in [0.2, 0.25) is 0 Å². The Labute approximate surface area is 134 Å². The Bertz CT molecular complexity index is 550. The van der Waals surface area contributed by atoms with Gasteiger partial charge in [0.25, 0.3) is 0 Å². The molecule has 2 rings (SSSR count). The number of piperazine rings is 1. The van der Waals surface area contributed by atoms with Crippen LogP contribution in [0.5, 0.6) is 0 Å². The minimum Gasteiger partial charge on any atom is -0.465 e. The van der Waals surface area contributed by atoms with Gasteiger partial charge in [-0.05, 0) is 32.9 Å². The van der Waals surface area contributed by atoms with Gasteiger partial charge in [0, 0.05) is 24.5 Å². The summed E-state index contributed by atoms with van der Waals surface area (Å²) in [7, 11) is 1.36. The van der Waals surface area contributed by atoms with Crippen LogP contribution in [0, 0.1) is 0 Å². The van der Waals surface area contributed by atoms with Crippen LogP contribution in [0.2, 0.25) is 0 Å². The zero-order valence-corrected chi connectivity index (χ0v) is 14.2. The van der Waals surface area contributed by atoms with Crippen molar-refractivity contribution in [3.05, 3.63) is 21.9 Å². The maximum absolute atomic E-state index is 12.4. The molecule has 1 aliphatic heterocycles. The number of ether oxygens (including phenoxy) is 2. The molecule has 1 saturated heterocycles. The number of thiophene rings is 1. The molecule has 1 N–H and O–H groups in total. The van der Waals surface area contributed by atoms with Crippen molar-refractivity contribution in [3.8, 4) is 0 Å². The molecule has 1 aliphatic rings. The van der Waals surface area contributed by atoms with E-state index in [4.69, 9.17) is 9.47 Å². The first kappa shape index (κ1) is 16.8. The fourth-order valence-electron chi connectivity index (χ4n) is 2.24. The molecule has 0 saturated carbocycles. The molecule has 1 unspecified atom stereocenters. The maximum Gasteiger partial charge on any atom is 0.410 e. The summed E-state index contributed by atoms with van der Waals surface area (Å²) in [6.07, 6.45) is -0.327. The SMILES string of the molecule is COC(=O)c1ccc(C2CNCCN2C(=O)OC(C)(C)C)s1. The molecule has 6 nitrogen and oxygen atoms in total. The molecule has 1 fully saturated rings. The second-order valence-electron chi connectivity index (χ2n) is 6.09. The summed E-state index contributed by atoms with van der Waals surface area (Å²) >= 11 is 1.35. The van der Waals surface area contributed by atoms with E-state index in [2.05, 4.69) is 5.32 Å². The largest absolute Gasteiger partial charge is 0.465 e.